The number of carbonyl (C=O) groups is 1. The molecule has 1 saturated heterocycles. The lowest BCUT2D eigenvalue weighted by Crippen LogP contribution is -2.41. The first-order valence-electron chi connectivity index (χ1n) is 13.1. The monoisotopic (exact) mass is 542 g/mol. The second-order valence-corrected chi connectivity index (χ2v) is 10.1. The number of carbonyl (C=O) groups excluding carboxylic acids is 1. The van der Waals surface area contributed by atoms with Crippen LogP contribution >= 0.6 is 0 Å². The van der Waals surface area contributed by atoms with Gasteiger partial charge in [0.1, 0.15) is 5.65 Å². The molecule has 6 rings (SSSR count). The Kier molecular flexibility index (Phi) is 7.00. The van der Waals surface area contributed by atoms with E-state index in [1.54, 1.807) is 28.2 Å². The van der Waals surface area contributed by atoms with Crippen molar-refractivity contribution in [3.63, 3.8) is 0 Å². The normalized spacial score (nSPS) is 15.2. The van der Waals surface area contributed by atoms with Crippen molar-refractivity contribution in [3.05, 3.63) is 96.6 Å². The summed E-state index contributed by atoms with van der Waals surface area (Å²) in [6.45, 7) is 1.47. The lowest BCUT2D eigenvalue weighted by atomic mass is 10.0. The van der Waals surface area contributed by atoms with Crippen molar-refractivity contribution in [1.82, 2.24) is 24.6 Å². The topological polar surface area (TPSA) is 88.1 Å². The van der Waals surface area contributed by atoms with Crippen LogP contribution in [0.1, 0.15) is 24.0 Å². The molecule has 0 unspecified atom stereocenters. The molecule has 10 heteroatoms. The van der Waals surface area contributed by atoms with Crippen molar-refractivity contribution < 1.29 is 18.3 Å². The van der Waals surface area contributed by atoms with Crippen molar-refractivity contribution >= 4 is 22.8 Å². The van der Waals surface area contributed by atoms with Gasteiger partial charge in [-0.05, 0) is 41.8 Å². The predicted molar refractivity (Wildman–Crippen MR) is 148 cm³/mol. The zero-order valence-electron chi connectivity index (χ0n) is 21.7. The number of anilines is 1. The summed E-state index contributed by atoms with van der Waals surface area (Å²) >= 11 is 0. The number of likely N-dealkylation sites (tertiary alicyclic amines) is 1. The average molecular weight is 543 g/mol. The highest BCUT2D eigenvalue weighted by Crippen LogP contribution is 2.30. The van der Waals surface area contributed by atoms with E-state index in [1.807, 2.05) is 60.7 Å². The smallest absolute Gasteiger partial charge is 0.407 e. The number of nitrogens with zero attached hydrogens (tertiary/aromatic N) is 4. The molecule has 2 aromatic carbocycles. The number of hydrogen-bond acceptors (Lipinski definition) is 5. The third-order valence-electron chi connectivity index (χ3n) is 6.91. The van der Waals surface area contributed by atoms with E-state index < -0.39 is 12.0 Å². The molecule has 1 aliphatic rings. The van der Waals surface area contributed by atoms with Crippen LogP contribution in [-0.4, -0.2) is 49.8 Å². The number of ether oxygens (including phenoxy) is 1. The lowest BCUT2D eigenvalue weighted by Gasteiger charge is -2.32. The van der Waals surface area contributed by atoms with Crippen molar-refractivity contribution in [2.45, 2.75) is 31.9 Å². The fourth-order valence-corrected chi connectivity index (χ4v) is 5.05. The molecule has 8 nitrogen and oxygen atoms in total. The highest BCUT2D eigenvalue weighted by Gasteiger charge is 2.34. The highest BCUT2D eigenvalue weighted by atomic mass is 19.3. The van der Waals surface area contributed by atoms with E-state index in [0.717, 1.165) is 27.6 Å². The number of pyridine rings is 1. The van der Waals surface area contributed by atoms with Crippen LogP contribution in [0.2, 0.25) is 0 Å². The number of benzene rings is 2. The molecule has 0 aliphatic carbocycles. The molecule has 5 aromatic rings. The van der Waals surface area contributed by atoms with Crippen LogP contribution in [0, 0.1) is 0 Å². The number of H-pyrrole nitrogens is 1. The molecule has 2 N–H and O–H groups in total. The van der Waals surface area contributed by atoms with E-state index in [0.29, 0.717) is 43.1 Å². The summed E-state index contributed by atoms with van der Waals surface area (Å²) in [7, 11) is 0. The van der Waals surface area contributed by atoms with Crippen LogP contribution in [0.3, 0.4) is 0 Å². The SMILES string of the molecule is O=C(Nc1c[nH]c2ncc(-c3cccc(CN4CCCC(F)(F)C4)c3)cc12)Oc1cnn(Cc2ccccc2)c1. The molecule has 204 valence electrons. The predicted octanol–water partition coefficient (Wildman–Crippen LogP) is 6.32. The van der Waals surface area contributed by atoms with Gasteiger partial charge in [-0.25, -0.2) is 18.6 Å². The average Bonchev–Trinajstić information content (AvgIpc) is 3.55. The maximum Gasteiger partial charge on any atom is 0.417 e. The van der Waals surface area contributed by atoms with Gasteiger partial charge in [-0.3, -0.25) is 14.9 Å². The first kappa shape index (κ1) is 25.7. The van der Waals surface area contributed by atoms with Crippen LogP contribution in [0.25, 0.3) is 22.2 Å². The summed E-state index contributed by atoms with van der Waals surface area (Å²) in [6.07, 6.45) is 6.37. The molecule has 0 atom stereocenters. The second kappa shape index (κ2) is 10.9. The Bertz CT molecular complexity index is 1630. The molecule has 40 heavy (non-hydrogen) atoms. The molecule has 1 aliphatic heterocycles. The second-order valence-electron chi connectivity index (χ2n) is 10.1. The van der Waals surface area contributed by atoms with Gasteiger partial charge in [-0.2, -0.15) is 5.10 Å². The van der Waals surface area contributed by atoms with E-state index in [2.05, 4.69) is 20.4 Å². The van der Waals surface area contributed by atoms with Gasteiger partial charge in [0.15, 0.2) is 5.75 Å². The minimum absolute atomic E-state index is 0.0479. The van der Waals surface area contributed by atoms with Gasteiger partial charge in [-0.1, -0.05) is 48.5 Å². The number of hydrogen-bond donors (Lipinski definition) is 2. The number of fused-ring (bicyclic) bond motifs is 1. The van der Waals surface area contributed by atoms with Crippen molar-refractivity contribution in [2.75, 3.05) is 18.4 Å². The summed E-state index contributed by atoms with van der Waals surface area (Å²) in [6, 6.07) is 19.6. The van der Waals surface area contributed by atoms with E-state index >= 15 is 0 Å². The van der Waals surface area contributed by atoms with Crippen molar-refractivity contribution in [1.29, 1.82) is 0 Å². The maximum absolute atomic E-state index is 13.9. The molecule has 1 amide bonds. The van der Waals surface area contributed by atoms with Gasteiger partial charge in [0, 0.05) is 36.3 Å². The number of rotatable bonds is 7. The first-order chi connectivity index (χ1) is 19.4. The molecule has 3 aromatic heterocycles. The summed E-state index contributed by atoms with van der Waals surface area (Å²) in [5, 5.41) is 7.76. The van der Waals surface area contributed by atoms with Crippen LogP contribution in [0.4, 0.5) is 19.3 Å². The highest BCUT2D eigenvalue weighted by molar-refractivity contribution is 6.00. The Morgan fingerprint density at radius 1 is 1.02 bits per heavy atom. The van der Waals surface area contributed by atoms with Gasteiger partial charge in [0.05, 0.1) is 31.2 Å². The Labute approximate surface area is 229 Å². The Morgan fingerprint density at radius 3 is 2.73 bits per heavy atom. The van der Waals surface area contributed by atoms with E-state index in [4.69, 9.17) is 4.74 Å². The number of amides is 1. The van der Waals surface area contributed by atoms with Gasteiger partial charge < -0.3 is 9.72 Å². The summed E-state index contributed by atoms with van der Waals surface area (Å²) < 4.78 is 34.9. The number of piperidine rings is 1. The summed E-state index contributed by atoms with van der Waals surface area (Å²) in [5.41, 5.74) is 4.94. The summed E-state index contributed by atoms with van der Waals surface area (Å²) in [5.74, 6) is -2.30. The Morgan fingerprint density at radius 2 is 1.88 bits per heavy atom. The molecule has 1 fully saturated rings. The largest absolute Gasteiger partial charge is 0.417 e. The zero-order chi connectivity index (χ0) is 27.5. The fraction of sp³-hybridized carbons (Fsp3) is 0.233. The van der Waals surface area contributed by atoms with Gasteiger partial charge in [0.25, 0.3) is 5.92 Å². The Hall–Kier alpha value is -4.57. The first-order valence-corrected chi connectivity index (χ1v) is 13.1. The van der Waals surface area contributed by atoms with E-state index in [-0.39, 0.29) is 13.0 Å². The molecule has 0 spiro atoms. The molecule has 0 saturated carbocycles. The fourth-order valence-electron chi connectivity index (χ4n) is 5.05. The van der Waals surface area contributed by atoms with Gasteiger partial charge >= 0.3 is 6.09 Å². The zero-order valence-corrected chi connectivity index (χ0v) is 21.7. The maximum atomic E-state index is 13.9. The van der Waals surface area contributed by atoms with Gasteiger partial charge in [0.2, 0.25) is 0 Å². The van der Waals surface area contributed by atoms with E-state index in [9.17, 15) is 13.6 Å². The third-order valence-corrected chi connectivity index (χ3v) is 6.91. The third kappa shape index (κ3) is 6.02. The molecular formula is C30H28F2N6O2. The lowest BCUT2D eigenvalue weighted by molar-refractivity contribution is -0.0661. The quantitative estimate of drug-likeness (QED) is 0.251. The summed E-state index contributed by atoms with van der Waals surface area (Å²) in [4.78, 5) is 22.0. The Balaban J connectivity index is 1.14. The number of aromatic amines is 1. The van der Waals surface area contributed by atoms with Gasteiger partial charge in [-0.15, -0.1) is 0 Å². The van der Waals surface area contributed by atoms with E-state index in [1.165, 1.54) is 6.20 Å². The van der Waals surface area contributed by atoms with Crippen molar-refractivity contribution in [3.8, 4) is 16.9 Å². The molecular weight excluding hydrogens is 514 g/mol. The minimum Gasteiger partial charge on any atom is -0.407 e. The number of alkyl halides is 2. The standard InChI is InChI=1S/C30H28F2N6O2/c31-30(32)10-5-11-37(20-30)17-22-8-4-9-23(12-22)24-13-26-27(16-34-28(26)33-14-24)36-29(39)40-25-15-35-38(19-25)18-21-6-2-1-3-7-21/h1-4,6-9,12-16,19H,5,10-11,17-18,20H2,(H,33,34)(H,36,39). The van der Waals surface area contributed by atoms with Crippen LogP contribution in [0.5, 0.6) is 5.75 Å². The molecule has 0 bridgehead atoms. The van der Waals surface area contributed by atoms with Crippen LogP contribution < -0.4 is 10.1 Å². The molecule has 0 radical (unpaired) electrons. The van der Waals surface area contributed by atoms with Crippen molar-refractivity contribution in [2.24, 2.45) is 0 Å². The van der Waals surface area contributed by atoms with Crippen LogP contribution in [0.15, 0.2) is 85.5 Å². The molecule has 4 heterocycles. The number of nitrogens with one attached hydrogen (secondary N) is 2. The van der Waals surface area contributed by atoms with Crippen LogP contribution in [-0.2, 0) is 13.1 Å². The number of halogens is 2. The minimum atomic E-state index is -2.63. The number of aromatic nitrogens is 4.